The molecule has 4 heteroatoms. The SMILES string of the molecule is CCCCCc1ccc(-c2ccc(C3CCC(/C=C/c4ccc(OCC)c(F)c4)CC3)c(F)c2F)cc1. The molecule has 0 heterocycles. The first-order valence-corrected chi connectivity index (χ1v) is 13.7. The number of hydrogen-bond acceptors (Lipinski definition) is 1. The van der Waals surface area contributed by atoms with Crippen LogP contribution in [0.2, 0.25) is 0 Å². The highest BCUT2D eigenvalue weighted by atomic mass is 19.2. The number of hydrogen-bond donors (Lipinski definition) is 0. The summed E-state index contributed by atoms with van der Waals surface area (Å²) in [5.41, 5.74) is 3.53. The largest absolute Gasteiger partial charge is 0.491 e. The van der Waals surface area contributed by atoms with Crippen LogP contribution >= 0.6 is 0 Å². The van der Waals surface area contributed by atoms with Gasteiger partial charge in [-0.2, -0.15) is 0 Å². The van der Waals surface area contributed by atoms with Crippen LogP contribution in [-0.2, 0) is 6.42 Å². The van der Waals surface area contributed by atoms with Gasteiger partial charge in [-0.3, -0.25) is 0 Å². The zero-order valence-corrected chi connectivity index (χ0v) is 21.9. The van der Waals surface area contributed by atoms with Crippen LogP contribution in [0.5, 0.6) is 5.75 Å². The average molecular weight is 507 g/mol. The molecule has 3 aromatic carbocycles. The van der Waals surface area contributed by atoms with Gasteiger partial charge in [0.15, 0.2) is 23.2 Å². The molecular formula is C33H37F3O. The van der Waals surface area contributed by atoms with Gasteiger partial charge in [0, 0.05) is 5.56 Å². The summed E-state index contributed by atoms with van der Waals surface area (Å²) in [5.74, 6) is -1.22. The van der Waals surface area contributed by atoms with Gasteiger partial charge in [0.1, 0.15) is 0 Å². The van der Waals surface area contributed by atoms with Crippen molar-refractivity contribution in [1.29, 1.82) is 0 Å². The lowest BCUT2D eigenvalue weighted by molar-refractivity contribution is 0.321. The van der Waals surface area contributed by atoms with Crippen molar-refractivity contribution in [3.63, 3.8) is 0 Å². The molecule has 4 rings (SSSR count). The van der Waals surface area contributed by atoms with Gasteiger partial charge >= 0.3 is 0 Å². The van der Waals surface area contributed by atoms with E-state index in [-0.39, 0.29) is 17.5 Å². The van der Waals surface area contributed by atoms with Crippen molar-refractivity contribution in [2.45, 2.75) is 71.1 Å². The maximum Gasteiger partial charge on any atom is 0.166 e. The topological polar surface area (TPSA) is 9.23 Å². The van der Waals surface area contributed by atoms with Gasteiger partial charge in [0.25, 0.3) is 0 Å². The van der Waals surface area contributed by atoms with Crippen LogP contribution in [0.3, 0.4) is 0 Å². The summed E-state index contributed by atoms with van der Waals surface area (Å²) in [6, 6.07) is 16.3. The molecule has 0 saturated heterocycles. The Morgan fingerprint density at radius 1 is 0.838 bits per heavy atom. The third-order valence-electron chi connectivity index (χ3n) is 7.47. The second-order valence-corrected chi connectivity index (χ2v) is 10.1. The van der Waals surface area contributed by atoms with E-state index in [1.807, 2.05) is 43.3 Å². The van der Waals surface area contributed by atoms with Crippen LogP contribution in [0.1, 0.15) is 81.4 Å². The molecule has 0 atom stereocenters. The number of aryl methyl sites for hydroxylation is 1. The van der Waals surface area contributed by atoms with Gasteiger partial charge in [-0.05, 0) is 91.7 Å². The third-order valence-corrected chi connectivity index (χ3v) is 7.47. The minimum absolute atomic E-state index is 0.0112. The molecule has 0 N–H and O–H groups in total. The number of ether oxygens (including phenoxy) is 1. The number of unbranched alkanes of at least 4 members (excludes halogenated alkanes) is 2. The molecule has 37 heavy (non-hydrogen) atoms. The normalized spacial score (nSPS) is 17.9. The Labute approximate surface area is 219 Å². The number of benzene rings is 3. The quantitative estimate of drug-likeness (QED) is 0.249. The zero-order valence-electron chi connectivity index (χ0n) is 21.9. The van der Waals surface area contributed by atoms with E-state index in [2.05, 4.69) is 13.0 Å². The van der Waals surface area contributed by atoms with Crippen LogP contribution in [0.15, 0.2) is 60.7 Å². The van der Waals surface area contributed by atoms with E-state index in [4.69, 9.17) is 4.74 Å². The summed E-state index contributed by atoms with van der Waals surface area (Å²) in [5, 5.41) is 0. The van der Waals surface area contributed by atoms with Gasteiger partial charge in [0.05, 0.1) is 6.61 Å². The van der Waals surface area contributed by atoms with Gasteiger partial charge in [-0.15, -0.1) is 0 Å². The summed E-state index contributed by atoms with van der Waals surface area (Å²) in [7, 11) is 0. The summed E-state index contributed by atoms with van der Waals surface area (Å²) in [6.07, 6.45) is 12.0. The third kappa shape index (κ3) is 6.85. The van der Waals surface area contributed by atoms with Crippen LogP contribution < -0.4 is 4.74 Å². The van der Waals surface area contributed by atoms with E-state index in [0.717, 1.165) is 44.1 Å². The van der Waals surface area contributed by atoms with Crippen LogP contribution in [0, 0.1) is 23.4 Å². The minimum Gasteiger partial charge on any atom is -0.491 e. The van der Waals surface area contributed by atoms with Crippen molar-refractivity contribution in [1.82, 2.24) is 0 Å². The van der Waals surface area contributed by atoms with Crippen molar-refractivity contribution in [3.05, 3.63) is 94.8 Å². The molecule has 0 radical (unpaired) electrons. The fourth-order valence-corrected chi connectivity index (χ4v) is 5.30. The summed E-state index contributed by atoms with van der Waals surface area (Å²) < 4.78 is 49.6. The number of rotatable bonds is 10. The Bertz CT molecular complexity index is 1190. The fraction of sp³-hybridized carbons (Fsp3) is 0.394. The lowest BCUT2D eigenvalue weighted by atomic mass is 9.78. The van der Waals surface area contributed by atoms with Gasteiger partial charge in [-0.25, -0.2) is 13.2 Å². The van der Waals surface area contributed by atoms with Crippen LogP contribution in [0.25, 0.3) is 17.2 Å². The van der Waals surface area contributed by atoms with Crippen LogP contribution in [0.4, 0.5) is 13.2 Å². The highest BCUT2D eigenvalue weighted by Gasteiger charge is 2.25. The molecule has 196 valence electrons. The molecule has 0 unspecified atom stereocenters. The lowest BCUT2D eigenvalue weighted by Crippen LogP contribution is -2.13. The molecule has 0 aromatic heterocycles. The molecule has 0 spiro atoms. The van der Waals surface area contributed by atoms with Crippen molar-refractivity contribution >= 4 is 6.08 Å². The predicted molar refractivity (Wildman–Crippen MR) is 146 cm³/mol. The highest BCUT2D eigenvalue weighted by molar-refractivity contribution is 5.65. The summed E-state index contributed by atoms with van der Waals surface area (Å²) in [4.78, 5) is 0. The molecule has 0 amide bonds. The fourth-order valence-electron chi connectivity index (χ4n) is 5.30. The number of allylic oxidation sites excluding steroid dienone is 1. The monoisotopic (exact) mass is 506 g/mol. The molecule has 1 fully saturated rings. The Morgan fingerprint density at radius 3 is 2.27 bits per heavy atom. The Morgan fingerprint density at radius 2 is 1.59 bits per heavy atom. The highest BCUT2D eigenvalue weighted by Crippen LogP contribution is 2.39. The van der Waals surface area contributed by atoms with E-state index in [0.29, 0.717) is 29.2 Å². The van der Waals surface area contributed by atoms with E-state index < -0.39 is 11.6 Å². The average Bonchev–Trinajstić information content (AvgIpc) is 2.91. The Kier molecular flexibility index (Phi) is 9.49. The second kappa shape index (κ2) is 13.0. The van der Waals surface area contributed by atoms with Crippen molar-refractivity contribution < 1.29 is 17.9 Å². The van der Waals surface area contributed by atoms with Crippen molar-refractivity contribution in [2.24, 2.45) is 5.92 Å². The van der Waals surface area contributed by atoms with E-state index >= 15 is 8.78 Å². The lowest BCUT2D eigenvalue weighted by Gasteiger charge is -2.27. The van der Waals surface area contributed by atoms with Crippen molar-refractivity contribution in [2.75, 3.05) is 6.61 Å². The number of halogens is 3. The standard InChI is InChI=1S/C33H37F3O/c1-3-5-6-7-23-10-15-26(16-11-23)28-19-20-29(33(36)32(28)35)27-17-12-24(13-18-27)8-9-25-14-21-31(37-4-2)30(34)22-25/h8-11,14-16,19-22,24,27H,3-7,12-13,17-18H2,1-2H3/b9-8+. The molecule has 1 aliphatic rings. The first kappa shape index (κ1) is 27.0. The van der Waals surface area contributed by atoms with Gasteiger partial charge < -0.3 is 4.74 Å². The molecule has 1 saturated carbocycles. The van der Waals surface area contributed by atoms with Gasteiger partial charge in [0.2, 0.25) is 0 Å². The molecule has 1 nitrogen and oxygen atoms in total. The summed E-state index contributed by atoms with van der Waals surface area (Å²) >= 11 is 0. The summed E-state index contributed by atoms with van der Waals surface area (Å²) in [6.45, 7) is 4.43. The Hall–Kier alpha value is -3.01. The Balaban J connectivity index is 1.37. The second-order valence-electron chi connectivity index (χ2n) is 10.1. The smallest absolute Gasteiger partial charge is 0.166 e. The van der Waals surface area contributed by atoms with E-state index in [9.17, 15) is 4.39 Å². The molecular weight excluding hydrogens is 469 g/mol. The maximum absolute atomic E-state index is 15.2. The molecule has 0 bridgehead atoms. The molecule has 1 aliphatic carbocycles. The minimum atomic E-state index is -0.754. The maximum atomic E-state index is 15.2. The van der Waals surface area contributed by atoms with Crippen molar-refractivity contribution in [3.8, 4) is 16.9 Å². The van der Waals surface area contributed by atoms with Gasteiger partial charge in [-0.1, -0.05) is 74.4 Å². The first-order valence-electron chi connectivity index (χ1n) is 13.7. The molecule has 3 aromatic rings. The first-order chi connectivity index (χ1) is 18.0. The predicted octanol–water partition coefficient (Wildman–Crippen LogP) is 9.89. The van der Waals surface area contributed by atoms with Crippen LogP contribution in [-0.4, -0.2) is 6.61 Å². The molecule has 0 aliphatic heterocycles. The van der Waals surface area contributed by atoms with E-state index in [1.165, 1.54) is 24.5 Å². The zero-order chi connectivity index (χ0) is 26.2. The van der Waals surface area contributed by atoms with E-state index in [1.54, 1.807) is 18.2 Å².